The number of benzene rings is 1. The first kappa shape index (κ1) is 13.5. The average molecular weight is 308 g/mol. The zero-order valence-corrected chi connectivity index (χ0v) is 12.3. The van der Waals surface area contributed by atoms with Crippen molar-refractivity contribution in [3.05, 3.63) is 50.7 Å². The van der Waals surface area contributed by atoms with Crippen LogP contribution in [0.1, 0.15) is 39.7 Å². The van der Waals surface area contributed by atoms with E-state index in [0.717, 1.165) is 18.5 Å². The van der Waals surface area contributed by atoms with Crippen molar-refractivity contribution in [2.45, 2.75) is 25.3 Å². The summed E-state index contributed by atoms with van der Waals surface area (Å²) in [6.45, 7) is 0. The Hall–Kier alpha value is -1.52. The van der Waals surface area contributed by atoms with Gasteiger partial charge in [-0.2, -0.15) is 0 Å². The number of rotatable bonds is 3. The third-order valence-corrected chi connectivity index (χ3v) is 4.90. The molecular formula is C15H14ClNO2S. The Kier molecular flexibility index (Phi) is 3.68. The summed E-state index contributed by atoms with van der Waals surface area (Å²) in [6, 6.07) is 7.47. The van der Waals surface area contributed by atoms with Gasteiger partial charge in [-0.1, -0.05) is 11.6 Å². The van der Waals surface area contributed by atoms with Gasteiger partial charge in [-0.05, 0) is 54.5 Å². The fourth-order valence-corrected chi connectivity index (χ4v) is 3.86. The van der Waals surface area contributed by atoms with Gasteiger partial charge < -0.3 is 10.4 Å². The number of nitrogens with one attached hydrogen (secondary N) is 1. The predicted molar refractivity (Wildman–Crippen MR) is 82.0 cm³/mol. The Morgan fingerprint density at radius 1 is 1.40 bits per heavy atom. The molecule has 0 spiro atoms. The highest BCUT2D eigenvalue weighted by Crippen LogP contribution is 2.36. The second kappa shape index (κ2) is 5.46. The number of fused-ring (bicyclic) bond motifs is 1. The summed E-state index contributed by atoms with van der Waals surface area (Å²) in [6.07, 6.45) is 3.41. The Morgan fingerprint density at radius 2 is 2.25 bits per heavy atom. The van der Waals surface area contributed by atoms with E-state index in [-0.39, 0.29) is 16.6 Å². The highest BCUT2D eigenvalue weighted by atomic mass is 35.5. The molecule has 1 heterocycles. The largest absolute Gasteiger partial charge is 0.478 e. The molecule has 3 nitrogen and oxygen atoms in total. The minimum atomic E-state index is -1.00. The van der Waals surface area contributed by atoms with Gasteiger partial charge in [0.15, 0.2) is 0 Å². The van der Waals surface area contributed by atoms with Crippen molar-refractivity contribution in [1.82, 2.24) is 0 Å². The van der Waals surface area contributed by atoms with Gasteiger partial charge in [-0.15, -0.1) is 11.3 Å². The number of hydrogen-bond donors (Lipinski definition) is 2. The Morgan fingerprint density at radius 3 is 3.00 bits per heavy atom. The first-order valence-corrected chi connectivity index (χ1v) is 7.76. The van der Waals surface area contributed by atoms with Gasteiger partial charge in [0, 0.05) is 10.6 Å². The Labute approximate surface area is 126 Å². The van der Waals surface area contributed by atoms with Crippen molar-refractivity contribution < 1.29 is 9.90 Å². The molecule has 0 radical (unpaired) electrons. The first-order chi connectivity index (χ1) is 9.65. The van der Waals surface area contributed by atoms with Crippen molar-refractivity contribution in [3.63, 3.8) is 0 Å². The van der Waals surface area contributed by atoms with E-state index in [1.54, 1.807) is 29.5 Å². The summed E-state index contributed by atoms with van der Waals surface area (Å²) < 4.78 is 0. The van der Waals surface area contributed by atoms with Crippen LogP contribution in [0.15, 0.2) is 29.6 Å². The minimum Gasteiger partial charge on any atom is -0.478 e. The molecule has 0 bridgehead atoms. The molecule has 0 saturated carbocycles. The molecule has 0 amide bonds. The van der Waals surface area contributed by atoms with E-state index in [2.05, 4.69) is 16.8 Å². The second-order valence-corrected chi connectivity index (χ2v) is 6.30. The molecule has 0 aliphatic heterocycles. The standard InChI is InChI=1S/C15H14ClNO2S/c16-12-8-9(4-5-10(12)15(18)19)17-13-2-1-3-14-11(13)6-7-20-14/h4-8,13,17H,1-3H2,(H,18,19). The molecule has 1 aromatic heterocycles. The van der Waals surface area contributed by atoms with Crippen LogP contribution in [0.25, 0.3) is 0 Å². The van der Waals surface area contributed by atoms with E-state index in [1.807, 2.05) is 0 Å². The van der Waals surface area contributed by atoms with Crippen LogP contribution < -0.4 is 5.32 Å². The van der Waals surface area contributed by atoms with Crippen molar-refractivity contribution in [3.8, 4) is 0 Å². The van der Waals surface area contributed by atoms with Gasteiger partial charge in [0.25, 0.3) is 0 Å². The predicted octanol–water partition coefficient (Wildman–Crippen LogP) is 4.59. The minimum absolute atomic E-state index is 0.136. The summed E-state index contributed by atoms with van der Waals surface area (Å²) in [5.41, 5.74) is 2.36. The summed E-state index contributed by atoms with van der Waals surface area (Å²) in [7, 11) is 0. The van der Waals surface area contributed by atoms with Crippen LogP contribution in [0.2, 0.25) is 5.02 Å². The van der Waals surface area contributed by atoms with E-state index in [1.165, 1.54) is 16.9 Å². The Balaban J connectivity index is 1.83. The molecule has 1 aromatic carbocycles. The number of carbonyl (C=O) groups is 1. The maximum atomic E-state index is 10.9. The third kappa shape index (κ3) is 2.53. The number of carboxylic acids is 1. The van der Waals surface area contributed by atoms with Crippen molar-refractivity contribution in [2.75, 3.05) is 5.32 Å². The number of halogens is 1. The van der Waals surface area contributed by atoms with Crippen LogP contribution in [0.4, 0.5) is 5.69 Å². The van der Waals surface area contributed by atoms with E-state index in [4.69, 9.17) is 16.7 Å². The van der Waals surface area contributed by atoms with Gasteiger partial charge in [0.1, 0.15) is 0 Å². The van der Waals surface area contributed by atoms with Crippen LogP contribution in [-0.4, -0.2) is 11.1 Å². The molecule has 5 heteroatoms. The molecule has 3 rings (SSSR count). The maximum absolute atomic E-state index is 10.9. The fraction of sp³-hybridized carbons (Fsp3) is 0.267. The topological polar surface area (TPSA) is 49.3 Å². The monoisotopic (exact) mass is 307 g/mol. The van der Waals surface area contributed by atoms with Crippen LogP contribution in [-0.2, 0) is 6.42 Å². The number of thiophene rings is 1. The molecule has 1 aliphatic rings. The molecule has 20 heavy (non-hydrogen) atoms. The van der Waals surface area contributed by atoms with Gasteiger partial charge in [-0.3, -0.25) is 0 Å². The van der Waals surface area contributed by atoms with Crippen molar-refractivity contribution in [2.24, 2.45) is 0 Å². The van der Waals surface area contributed by atoms with Crippen LogP contribution in [0, 0.1) is 0 Å². The van der Waals surface area contributed by atoms with E-state index < -0.39 is 5.97 Å². The molecule has 0 saturated heterocycles. The quantitative estimate of drug-likeness (QED) is 0.872. The molecule has 1 aliphatic carbocycles. The summed E-state index contributed by atoms with van der Waals surface area (Å²) in [4.78, 5) is 12.4. The number of carboxylic acid groups (broad SMARTS) is 1. The van der Waals surface area contributed by atoms with Gasteiger partial charge >= 0.3 is 5.97 Å². The lowest BCUT2D eigenvalue weighted by Crippen LogP contribution is -2.15. The highest BCUT2D eigenvalue weighted by Gasteiger charge is 2.21. The number of aromatic carboxylic acids is 1. The molecule has 1 unspecified atom stereocenters. The van der Waals surface area contributed by atoms with Crippen LogP contribution in [0.5, 0.6) is 0 Å². The molecule has 2 aromatic rings. The van der Waals surface area contributed by atoms with Gasteiger partial charge in [0.05, 0.1) is 16.6 Å². The molecule has 104 valence electrons. The third-order valence-electron chi connectivity index (χ3n) is 3.59. The maximum Gasteiger partial charge on any atom is 0.337 e. The summed E-state index contributed by atoms with van der Waals surface area (Å²) in [5.74, 6) is -1.00. The van der Waals surface area contributed by atoms with E-state index >= 15 is 0 Å². The van der Waals surface area contributed by atoms with Gasteiger partial charge in [-0.25, -0.2) is 4.79 Å². The zero-order chi connectivity index (χ0) is 14.1. The second-order valence-electron chi connectivity index (χ2n) is 4.89. The number of hydrogen-bond acceptors (Lipinski definition) is 3. The zero-order valence-electron chi connectivity index (χ0n) is 10.7. The number of anilines is 1. The molecule has 1 atom stereocenters. The van der Waals surface area contributed by atoms with Crippen molar-refractivity contribution >= 4 is 34.6 Å². The average Bonchev–Trinajstić information content (AvgIpc) is 2.87. The van der Waals surface area contributed by atoms with Crippen LogP contribution in [0.3, 0.4) is 0 Å². The summed E-state index contributed by atoms with van der Waals surface area (Å²) >= 11 is 7.81. The van der Waals surface area contributed by atoms with Crippen LogP contribution >= 0.6 is 22.9 Å². The Bertz CT molecular complexity index is 653. The smallest absolute Gasteiger partial charge is 0.337 e. The lowest BCUT2D eigenvalue weighted by molar-refractivity contribution is 0.0697. The number of aryl methyl sites for hydroxylation is 1. The lowest BCUT2D eigenvalue weighted by atomic mass is 9.94. The van der Waals surface area contributed by atoms with Gasteiger partial charge in [0.2, 0.25) is 0 Å². The van der Waals surface area contributed by atoms with Crippen molar-refractivity contribution in [1.29, 1.82) is 0 Å². The first-order valence-electron chi connectivity index (χ1n) is 6.51. The highest BCUT2D eigenvalue weighted by molar-refractivity contribution is 7.10. The lowest BCUT2D eigenvalue weighted by Gasteiger charge is -2.25. The summed E-state index contributed by atoms with van der Waals surface area (Å²) in [5, 5.41) is 14.8. The van der Waals surface area contributed by atoms with E-state index in [9.17, 15) is 4.79 Å². The molecular weight excluding hydrogens is 294 g/mol. The van der Waals surface area contributed by atoms with E-state index in [0.29, 0.717) is 0 Å². The fourth-order valence-electron chi connectivity index (χ4n) is 2.62. The normalized spacial score (nSPS) is 17.6. The molecule has 0 fully saturated rings. The SMILES string of the molecule is O=C(O)c1ccc(NC2CCCc3sccc32)cc1Cl. The molecule has 2 N–H and O–H groups in total.